The molecule has 2 aromatic rings. The molecule has 0 spiro atoms. The summed E-state index contributed by atoms with van der Waals surface area (Å²) in [5, 5.41) is 6.88. The van der Waals surface area contributed by atoms with E-state index in [1.807, 2.05) is 18.2 Å². The van der Waals surface area contributed by atoms with Crippen LogP contribution in [0.4, 0.5) is 5.69 Å². The minimum atomic E-state index is 0.000540. The van der Waals surface area contributed by atoms with Gasteiger partial charge in [0.1, 0.15) is 5.75 Å². The Balaban J connectivity index is 1.29. The summed E-state index contributed by atoms with van der Waals surface area (Å²) in [6.07, 6.45) is 3.63. The quantitative estimate of drug-likeness (QED) is 0.743. The van der Waals surface area contributed by atoms with Gasteiger partial charge in [0.05, 0.1) is 17.7 Å². The molecule has 1 fully saturated rings. The van der Waals surface area contributed by atoms with E-state index in [1.165, 1.54) is 11.1 Å². The normalized spacial score (nSPS) is 20.9. The van der Waals surface area contributed by atoms with E-state index in [0.29, 0.717) is 16.5 Å². The first-order chi connectivity index (χ1) is 13.6. The van der Waals surface area contributed by atoms with Crippen LogP contribution in [0, 0.1) is 6.57 Å². The minimum absolute atomic E-state index is 0.000540. The van der Waals surface area contributed by atoms with Gasteiger partial charge in [-0.2, -0.15) is 0 Å². The van der Waals surface area contributed by atoms with Crippen LogP contribution >= 0.6 is 11.6 Å². The van der Waals surface area contributed by atoms with Gasteiger partial charge in [-0.15, -0.1) is 0 Å². The predicted octanol–water partition coefficient (Wildman–Crippen LogP) is 4.61. The number of nitrogens with zero attached hydrogens (tertiary/aromatic N) is 1. The van der Waals surface area contributed by atoms with Gasteiger partial charge < -0.3 is 15.4 Å². The largest absolute Gasteiger partial charge is 0.490 e. The zero-order valence-electron chi connectivity index (χ0n) is 15.5. The molecule has 2 aliphatic rings. The van der Waals surface area contributed by atoms with E-state index in [2.05, 4.69) is 15.5 Å². The summed E-state index contributed by atoms with van der Waals surface area (Å²) in [6.45, 7) is 8.76. The lowest BCUT2D eigenvalue weighted by molar-refractivity contribution is 0.0894. The third kappa shape index (κ3) is 4.14. The predicted molar refractivity (Wildman–Crippen MR) is 109 cm³/mol. The molecule has 0 aromatic heterocycles. The van der Waals surface area contributed by atoms with Crippen LogP contribution in [0.25, 0.3) is 4.85 Å². The summed E-state index contributed by atoms with van der Waals surface area (Å²) >= 11 is 6.08. The molecule has 1 aliphatic carbocycles. The van der Waals surface area contributed by atoms with Crippen molar-refractivity contribution < 1.29 is 9.53 Å². The van der Waals surface area contributed by atoms with Crippen molar-refractivity contribution in [3.05, 3.63) is 69.5 Å². The molecule has 0 saturated heterocycles. The number of carbonyl (C=O) groups is 1. The second-order valence-corrected chi connectivity index (χ2v) is 7.78. The second-order valence-electron chi connectivity index (χ2n) is 7.38. The fourth-order valence-electron chi connectivity index (χ4n) is 3.87. The van der Waals surface area contributed by atoms with Crippen molar-refractivity contribution in [2.24, 2.45) is 0 Å². The number of nitrogens with one attached hydrogen (secondary N) is 2. The fourth-order valence-corrected chi connectivity index (χ4v) is 4.09. The number of rotatable bonds is 4. The van der Waals surface area contributed by atoms with Gasteiger partial charge in [0.25, 0.3) is 5.91 Å². The minimum Gasteiger partial charge on any atom is -0.490 e. The average molecular weight is 396 g/mol. The maximum Gasteiger partial charge on any atom is 0.251 e. The van der Waals surface area contributed by atoms with Crippen molar-refractivity contribution in [1.29, 1.82) is 0 Å². The van der Waals surface area contributed by atoms with Crippen molar-refractivity contribution in [2.45, 2.75) is 50.9 Å². The summed E-state index contributed by atoms with van der Waals surface area (Å²) in [4.78, 5) is 15.9. The van der Waals surface area contributed by atoms with Gasteiger partial charge in [-0.25, -0.2) is 4.85 Å². The molecule has 0 bridgehead atoms. The van der Waals surface area contributed by atoms with E-state index in [4.69, 9.17) is 22.9 Å². The first-order valence-corrected chi connectivity index (χ1v) is 9.97. The van der Waals surface area contributed by atoms with Crippen molar-refractivity contribution in [3.8, 4) is 5.75 Å². The molecule has 2 N–H and O–H groups in total. The molecule has 1 aliphatic heterocycles. The summed E-state index contributed by atoms with van der Waals surface area (Å²) in [5.74, 6) is 0.692. The van der Waals surface area contributed by atoms with Gasteiger partial charge in [-0.3, -0.25) is 4.79 Å². The van der Waals surface area contributed by atoms with Crippen molar-refractivity contribution in [2.75, 3.05) is 0 Å². The van der Waals surface area contributed by atoms with E-state index >= 15 is 0 Å². The standard InChI is InChI=1S/C22H22ClN3O2/c1-24-21-9-8-19(11-20(21)23)28-18-6-4-17(5-7-18)26-22(27)14-2-3-15-12-25-13-16(15)10-14/h2-3,8-11,17-18,25H,4-7,12-13H2,(H,26,27). The Morgan fingerprint density at radius 1 is 1.11 bits per heavy atom. The Bertz CT molecular complexity index is 930. The lowest BCUT2D eigenvalue weighted by atomic mass is 9.92. The van der Waals surface area contributed by atoms with Crippen molar-refractivity contribution in [3.63, 3.8) is 0 Å². The van der Waals surface area contributed by atoms with E-state index in [-0.39, 0.29) is 18.1 Å². The highest BCUT2D eigenvalue weighted by Crippen LogP contribution is 2.31. The molecule has 0 atom stereocenters. The van der Waals surface area contributed by atoms with Gasteiger partial charge in [-0.1, -0.05) is 23.7 Å². The molecular formula is C22H22ClN3O2. The van der Waals surface area contributed by atoms with Crippen LogP contribution in [0.2, 0.25) is 5.02 Å². The van der Waals surface area contributed by atoms with Crippen LogP contribution in [0.5, 0.6) is 5.75 Å². The Hall–Kier alpha value is -2.55. The molecular weight excluding hydrogens is 374 g/mol. The number of carbonyl (C=O) groups excluding carboxylic acids is 1. The van der Waals surface area contributed by atoms with Crippen LogP contribution in [0.1, 0.15) is 47.2 Å². The van der Waals surface area contributed by atoms with Crippen molar-refractivity contribution in [1.82, 2.24) is 10.6 Å². The number of ether oxygens (including phenoxy) is 1. The molecule has 0 radical (unpaired) electrons. The molecule has 144 valence electrons. The summed E-state index contributed by atoms with van der Waals surface area (Å²) in [7, 11) is 0. The maximum absolute atomic E-state index is 12.6. The molecule has 6 heteroatoms. The molecule has 2 aromatic carbocycles. The molecule has 4 rings (SSSR count). The van der Waals surface area contributed by atoms with E-state index in [9.17, 15) is 4.79 Å². The lowest BCUT2D eigenvalue weighted by Crippen LogP contribution is -2.39. The zero-order chi connectivity index (χ0) is 19.5. The Morgan fingerprint density at radius 3 is 2.64 bits per heavy atom. The molecule has 1 amide bonds. The van der Waals surface area contributed by atoms with Crippen LogP contribution in [-0.4, -0.2) is 18.1 Å². The SMILES string of the molecule is [C-]#[N+]c1ccc(OC2CCC(NC(=O)c3ccc4c(c3)CNC4)CC2)cc1Cl. The third-order valence-electron chi connectivity index (χ3n) is 5.45. The summed E-state index contributed by atoms with van der Waals surface area (Å²) < 4.78 is 6.02. The maximum atomic E-state index is 12.6. The van der Waals surface area contributed by atoms with Crippen LogP contribution in [0.15, 0.2) is 36.4 Å². The van der Waals surface area contributed by atoms with E-state index in [1.54, 1.807) is 18.2 Å². The highest BCUT2D eigenvalue weighted by molar-refractivity contribution is 6.33. The van der Waals surface area contributed by atoms with Gasteiger partial charge in [0, 0.05) is 24.7 Å². The smallest absolute Gasteiger partial charge is 0.251 e. The van der Waals surface area contributed by atoms with Crippen molar-refractivity contribution >= 4 is 23.2 Å². The molecule has 0 unspecified atom stereocenters. The van der Waals surface area contributed by atoms with E-state index in [0.717, 1.165) is 44.3 Å². The van der Waals surface area contributed by atoms with E-state index < -0.39 is 0 Å². The van der Waals surface area contributed by atoms with Gasteiger partial charge in [0.15, 0.2) is 0 Å². The zero-order valence-corrected chi connectivity index (χ0v) is 16.3. The van der Waals surface area contributed by atoms with Crippen LogP contribution in [0.3, 0.4) is 0 Å². The molecule has 28 heavy (non-hydrogen) atoms. The highest BCUT2D eigenvalue weighted by atomic mass is 35.5. The summed E-state index contributed by atoms with van der Waals surface area (Å²) in [6, 6.07) is 11.3. The Kier molecular flexibility index (Phi) is 5.52. The first-order valence-electron chi connectivity index (χ1n) is 9.59. The lowest BCUT2D eigenvalue weighted by Gasteiger charge is -2.29. The number of fused-ring (bicyclic) bond motifs is 1. The molecule has 1 heterocycles. The highest BCUT2D eigenvalue weighted by Gasteiger charge is 2.24. The van der Waals surface area contributed by atoms with Crippen LogP contribution in [-0.2, 0) is 13.1 Å². The number of halogens is 1. The van der Waals surface area contributed by atoms with Gasteiger partial charge in [-0.05, 0) is 61.1 Å². The first kappa shape index (κ1) is 18.8. The van der Waals surface area contributed by atoms with Gasteiger partial charge in [0.2, 0.25) is 5.69 Å². The molecule has 5 nitrogen and oxygen atoms in total. The number of amides is 1. The van der Waals surface area contributed by atoms with Crippen LogP contribution < -0.4 is 15.4 Å². The third-order valence-corrected chi connectivity index (χ3v) is 5.75. The second kappa shape index (κ2) is 8.22. The monoisotopic (exact) mass is 395 g/mol. The number of hydrogen-bond acceptors (Lipinski definition) is 3. The Labute approximate surface area is 169 Å². The summed E-state index contributed by atoms with van der Waals surface area (Å²) in [5.41, 5.74) is 3.66. The fraction of sp³-hybridized carbons (Fsp3) is 0.364. The Morgan fingerprint density at radius 2 is 1.89 bits per heavy atom. The number of hydrogen-bond donors (Lipinski definition) is 2. The molecule has 1 saturated carbocycles. The average Bonchev–Trinajstić information content (AvgIpc) is 3.17. The van der Waals surface area contributed by atoms with Gasteiger partial charge >= 0.3 is 0 Å². The topological polar surface area (TPSA) is 54.7 Å². The number of benzene rings is 2.